The highest BCUT2D eigenvalue weighted by Gasteiger charge is 2.35. The number of phenols is 1. The standard InChI is InChI=1S/C28H28O5/c29-25-17-10-9-16-24(25)27-21(13-5-2-6-18-26(30)31)19-32-28(33-27)23-15-8-7-14-22(23)20-11-3-1-4-12-20/h1-5,7-12,14-17,21,27-29H,6,13,18-19H2,(H,30,31)/b5-2-/t21-,27+,28+/m1/s1. The normalized spacial score (nSPS) is 20.7. The number of hydrogen-bond donors (Lipinski definition) is 2. The molecule has 1 aliphatic rings. The largest absolute Gasteiger partial charge is 0.508 e. The number of rotatable bonds is 8. The van der Waals surface area contributed by atoms with E-state index in [1.54, 1.807) is 12.1 Å². The van der Waals surface area contributed by atoms with Crippen LogP contribution < -0.4 is 0 Å². The lowest BCUT2D eigenvalue weighted by Gasteiger charge is -2.37. The Hall–Kier alpha value is -3.41. The van der Waals surface area contributed by atoms with Gasteiger partial charge in [-0.2, -0.15) is 0 Å². The third kappa shape index (κ3) is 5.69. The average Bonchev–Trinajstić information content (AvgIpc) is 2.85. The fraction of sp³-hybridized carbons (Fsp3) is 0.250. The minimum Gasteiger partial charge on any atom is -0.508 e. The van der Waals surface area contributed by atoms with Crippen LogP contribution in [0.1, 0.15) is 42.8 Å². The van der Waals surface area contributed by atoms with Crippen LogP contribution in [-0.4, -0.2) is 22.8 Å². The van der Waals surface area contributed by atoms with Crippen molar-refractivity contribution in [2.24, 2.45) is 5.92 Å². The van der Waals surface area contributed by atoms with E-state index < -0.39 is 12.3 Å². The van der Waals surface area contributed by atoms with Gasteiger partial charge < -0.3 is 19.7 Å². The van der Waals surface area contributed by atoms with Crippen molar-refractivity contribution in [3.05, 3.63) is 102 Å². The fourth-order valence-corrected chi connectivity index (χ4v) is 4.17. The van der Waals surface area contributed by atoms with Gasteiger partial charge in [-0.25, -0.2) is 0 Å². The summed E-state index contributed by atoms with van der Waals surface area (Å²) in [4.78, 5) is 10.7. The zero-order valence-corrected chi connectivity index (χ0v) is 18.3. The predicted octanol–water partition coefficient (Wildman–Crippen LogP) is 6.27. The maximum atomic E-state index is 10.7. The second kappa shape index (κ2) is 10.9. The lowest BCUT2D eigenvalue weighted by Crippen LogP contribution is -2.30. The van der Waals surface area contributed by atoms with Crippen molar-refractivity contribution in [2.45, 2.75) is 31.7 Å². The molecule has 1 fully saturated rings. The minimum atomic E-state index is -0.809. The third-order valence-corrected chi connectivity index (χ3v) is 5.83. The Labute approximate surface area is 193 Å². The van der Waals surface area contributed by atoms with Crippen molar-refractivity contribution in [1.82, 2.24) is 0 Å². The second-order valence-electron chi connectivity index (χ2n) is 8.13. The highest BCUT2D eigenvalue weighted by Crippen LogP contribution is 2.44. The van der Waals surface area contributed by atoms with Gasteiger partial charge in [-0.15, -0.1) is 0 Å². The molecule has 0 unspecified atom stereocenters. The molecule has 4 rings (SSSR count). The van der Waals surface area contributed by atoms with Gasteiger partial charge in [0.1, 0.15) is 5.75 Å². The van der Waals surface area contributed by atoms with E-state index in [4.69, 9.17) is 14.6 Å². The number of carbonyl (C=O) groups is 1. The van der Waals surface area contributed by atoms with Gasteiger partial charge in [-0.05, 0) is 30.0 Å². The number of carboxylic acids is 1. The summed E-state index contributed by atoms with van der Waals surface area (Å²) in [6.07, 6.45) is 4.17. The third-order valence-electron chi connectivity index (χ3n) is 5.83. The molecular formula is C28H28O5. The SMILES string of the molecule is O=C(O)CC/C=C\C[C@@H]1CO[C@H](c2ccccc2-c2ccccc2)O[C@@H]1c1ccccc1O. The molecule has 170 valence electrons. The minimum absolute atomic E-state index is 0.0143. The Kier molecular flexibility index (Phi) is 7.55. The predicted molar refractivity (Wildman–Crippen MR) is 127 cm³/mol. The second-order valence-corrected chi connectivity index (χ2v) is 8.13. The van der Waals surface area contributed by atoms with Crippen LogP contribution in [0, 0.1) is 5.92 Å². The molecule has 0 saturated carbocycles. The number of hydrogen-bond acceptors (Lipinski definition) is 4. The van der Waals surface area contributed by atoms with Crippen molar-refractivity contribution in [3.63, 3.8) is 0 Å². The molecule has 0 spiro atoms. The highest BCUT2D eigenvalue weighted by atomic mass is 16.7. The molecular weight excluding hydrogens is 416 g/mol. The number of benzene rings is 3. The van der Waals surface area contributed by atoms with E-state index in [0.717, 1.165) is 22.3 Å². The quantitative estimate of drug-likeness (QED) is 0.400. The van der Waals surface area contributed by atoms with Gasteiger partial charge in [0.25, 0.3) is 0 Å². The Morgan fingerprint density at radius 2 is 1.61 bits per heavy atom. The number of aromatic hydroxyl groups is 1. The molecule has 3 aromatic rings. The molecule has 0 aromatic heterocycles. The fourth-order valence-electron chi connectivity index (χ4n) is 4.17. The molecule has 1 heterocycles. The summed E-state index contributed by atoms with van der Waals surface area (Å²) in [6, 6.07) is 25.4. The zero-order chi connectivity index (χ0) is 23.0. The Bertz CT molecular complexity index is 1090. The molecule has 5 nitrogen and oxygen atoms in total. The van der Waals surface area contributed by atoms with Crippen molar-refractivity contribution in [3.8, 4) is 16.9 Å². The van der Waals surface area contributed by atoms with Gasteiger partial charge >= 0.3 is 5.97 Å². The summed E-state index contributed by atoms with van der Waals surface area (Å²) in [7, 11) is 0. The van der Waals surface area contributed by atoms with Crippen molar-refractivity contribution < 1.29 is 24.5 Å². The smallest absolute Gasteiger partial charge is 0.303 e. The zero-order valence-electron chi connectivity index (χ0n) is 18.3. The van der Waals surface area contributed by atoms with Crippen molar-refractivity contribution >= 4 is 5.97 Å². The molecule has 0 amide bonds. The summed E-state index contributed by atoms with van der Waals surface area (Å²) < 4.78 is 12.7. The first kappa shape index (κ1) is 22.8. The van der Waals surface area contributed by atoms with E-state index in [1.807, 2.05) is 60.7 Å². The van der Waals surface area contributed by atoms with Crippen molar-refractivity contribution in [2.75, 3.05) is 6.61 Å². The maximum absolute atomic E-state index is 10.7. The van der Waals surface area contributed by atoms with Gasteiger partial charge in [-0.3, -0.25) is 4.79 Å². The summed E-state index contributed by atoms with van der Waals surface area (Å²) in [5.41, 5.74) is 3.81. The molecule has 5 heteroatoms. The molecule has 3 atom stereocenters. The van der Waals surface area contributed by atoms with Crippen molar-refractivity contribution in [1.29, 1.82) is 0 Å². The monoisotopic (exact) mass is 444 g/mol. The Morgan fingerprint density at radius 3 is 2.36 bits per heavy atom. The van der Waals surface area contributed by atoms with Gasteiger partial charge in [0.2, 0.25) is 0 Å². The number of para-hydroxylation sites is 1. The van der Waals surface area contributed by atoms with Gasteiger partial charge in [0.05, 0.1) is 12.7 Å². The van der Waals surface area contributed by atoms with Crippen LogP contribution in [0.15, 0.2) is 91.0 Å². The van der Waals surface area contributed by atoms with Crippen LogP contribution in [-0.2, 0) is 14.3 Å². The molecule has 0 aliphatic carbocycles. The first-order chi connectivity index (χ1) is 16.1. The Balaban J connectivity index is 1.59. The highest BCUT2D eigenvalue weighted by molar-refractivity contribution is 5.67. The van der Waals surface area contributed by atoms with Crippen LogP contribution >= 0.6 is 0 Å². The lowest BCUT2D eigenvalue weighted by molar-refractivity contribution is -0.243. The molecule has 1 saturated heterocycles. The topological polar surface area (TPSA) is 76.0 Å². The van der Waals surface area contributed by atoms with E-state index in [-0.39, 0.29) is 24.2 Å². The van der Waals surface area contributed by atoms with Crippen LogP contribution in [0.3, 0.4) is 0 Å². The summed E-state index contributed by atoms with van der Waals surface area (Å²) in [5.74, 6) is -0.630. The van der Waals surface area contributed by atoms with E-state index >= 15 is 0 Å². The van der Waals surface area contributed by atoms with E-state index in [9.17, 15) is 9.90 Å². The number of aliphatic carboxylic acids is 1. The van der Waals surface area contributed by atoms with Gasteiger partial charge in [0, 0.05) is 23.5 Å². The number of ether oxygens (including phenoxy) is 2. The molecule has 33 heavy (non-hydrogen) atoms. The van der Waals surface area contributed by atoms with E-state index in [0.29, 0.717) is 19.4 Å². The van der Waals surface area contributed by atoms with E-state index in [1.165, 1.54) is 0 Å². The summed E-state index contributed by atoms with van der Waals surface area (Å²) in [6.45, 7) is 0.454. The van der Waals surface area contributed by atoms with Gasteiger partial charge in [0.15, 0.2) is 6.29 Å². The van der Waals surface area contributed by atoms with Crippen LogP contribution in [0.2, 0.25) is 0 Å². The number of carboxylic acid groups (broad SMARTS) is 1. The summed E-state index contributed by atoms with van der Waals surface area (Å²) >= 11 is 0. The molecule has 0 bridgehead atoms. The van der Waals surface area contributed by atoms with Crippen LogP contribution in [0.5, 0.6) is 5.75 Å². The first-order valence-electron chi connectivity index (χ1n) is 11.2. The van der Waals surface area contributed by atoms with Crippen LogP contribution in [0.25, 0.3) is 11.1 Å². The first-order valence-corrected chi connectivity index (χ1v) is 11.2. The number of allylic oxidation sites excluding steroid dienone is 2. The maximum Gasteiger partial charge on any atom is 0.303 e. The Morgan fingerprint density at radius 1 is 0.909 bits per heavy atom. The lowest BCUT2D eigenvalue weighted by atomic mass is 9.90. The average molecular weight is 445 g/mol. The van der Waals surface area contributed by atoms with E-state index in [2.05, 4.69) is 18.2 Å². The van der Waals surface area contributed by atoms with Crippen LogP contribution in [0.4, 0.5) is 0 Å². The van der Waals surface area contributed by atoms with Gasteiger partial charge in [-0.1, -0.05) is 84.9 Å². The summed E-state index contributed by atoms with van der Waals surface area (Å²) in [5, 5.41) is 19.4. The molecule has 2 N–H and O–H groups in total. The molecule has 3 aromatic carbocycles. The molecule has 1 aliphatic heterocycles. The molecule has 0 radical (unpaired) electrons. The number of phenolic OH excluding ortho intramolecular Hbond substituents is 1.